The maximum atomic E-state index is 13.3. The lowest BCUT2D eigenvalue weighted by molar-refractivity contribution is -0.118. The lowest BCUT2D eigenvalue weighted by Crippen LogP contribution is -2.33. The van der Waals surface area contributed by atoms with Gasteiger partial charge in [0, 0.05) is 34.8 Å². The maximum Gasteiger partial charge on any atom is 0.162 e. The van der Waals surface area contributed by atoms with Crippen LogP contribution < -0.4 is 5.32 Å². The molecular formula is C25H24N2O. The minimum atomic E-state index is -0.0965. The lowest BCUT2D eigenvalue weighted by Gasteiger charge is -2.40. The number of nitrogens with one attached hydrogen (secondary N) is 1. The smallest absolute Gasteiger partial charge is 0.162 e. The second kappa shape index (κ2) is 6.03. The minimum Gasteiger partial charge on any atom is -0.373 e. The van der Waals surface area contributed by atoms with Crippen molar-refractivity contribution in [3.8, 4) is 0 Å². The molecule has 0 fully saturated rings. The first-order chi connectivity index (χ1) is 13.4. The zero-order chi connectivity index (χ0) is 19.5. The van der Waals surface area contributed by atoms with Crippen molar-refractivity contribution in [1.82, 2.24) is 4.98 Å². The van der Waals surface area contributed by atoms with E-state index in [0.717, 1.165) is 39.7 Å². The number of benzene rings is 2. The van der Waals surface area contributed by atoms with Crippen LogP contribution in [0.5, 0.6) is 0 Å². The van der Waals surface area contributed by atoms with Crippen LogP contribution in [0.3, 0.4) is 0 Å². The van der Waals surface area contributed by atoms with Crippen molar-refractivity contribution >= 4 is 27.9 Å². The van der Waals surface area contributed by atoms with E-state index in [-0.39, 0.29) is 17.2 Å². The van der Waals surface area contributed by atoms with E-state index in [1.54, 1.807) is 0 Å². The molecule has 2 aromatic carbocycles. The van der Waals surface area contributed by atoms with Crippen LogP contribution in [0, 0.1) is 12.3 Å². The number of hydrogen-bond acceptors (Lipinski definition) is 3. The predicted molar refractivity (Wildman–Crippen MR) is 114 cm³/mol. The number of aryl methyl sites for hydroxylation is 1. The molecule has 3 nitrogen and oxygen atoms in total. The molecule has 1 unspecified atom stereocenters. The normalized spacial score (nSPS) is 20.5. The lowest BCUT2D eigenvalue weighted by atomic mass is 9.68. The summed E-state index contributed by atoms with van der Waals surface area (Å²) in [5.41, 5.74) is 7.68. The van der Waals surface area contributed by atoms with E-state index in [0.29, 0.717) is 6.42 Å². The highest BCUT2D eigenvalue weighted by Crippen LogP contribution is 2.51. The Morgan fingerprint density at radius 3 is 2.61 bits per heavy atom. The van der Waals surface area contributed by atoms with E-state index in [2.05, 4.69) is 73.5 Å². The van der Waals surface area contributed by atoms with Crippen molar-refractivity contribution in [3.05, 3.63) is 77.0 Å². The quantitative estimate of drug-likeness (QED) is 0.585. The van der Waals surface area contributed by atoms with Crippen molar-refractivity contribution in [2.24, 2.45) is 5.41 Å². The molecule has 1 atom stereocenters. The van der Waals surface area contributed by atoms with Crippen molar-refractivity contribution < 1.29 is 4.79 Å². The van der Waals surface area contributed by atoms with Crippen LogP contribution in [-0.4, -0.2) is 10.8 Å². The van der Waals surface area contributed by atoms with Crippen LogP contribution >= 0.6 is 0 Å². The van der Waals surface area contributed by atoms with Crippen molar-refractivity contribution in [2.75, 3.05) is 5.32 Å². The highest BCUT2D eigenvalue weighted by Gasteiger charge is 2.40. The fraction of sp³-hybridized carbons (Fsp3) is 0.280. The van der Waals surface area contributed by atoms with E-state index < -0.39 is 0 Å². The number of ketones is 1. The van der Waals surface area contributed by atoms with Crippen molar-refractivity contribution in [3.63, 3.8) is 0 Å². The molecule has 1 aliphatic heterocycles. The molecule has 140 valence electrons. The average Bonchev–Trinajstić information content (AvgIpc) is 2.66. The van der Waals surface area contributed by atoms with E-state index >= 15 is 0 Å². The highest BCUT2D eigenvalue weighted by molar-refractivity contribution is 6.12. The van der Waals surface area contributed by atoms with Crippen LogP contribution in [0.25, 0.3) is 16.5 Å². The second-order valence-corrected chi connectivity index (χ2v) is 8.88. The summed E-state index contributed by atoms with van der Waals surface area (Å²) in [6, 6.07) is 16.7. The third-order valence-corrected chi connectivity index (χ3v) is 6.01. The molecule has 28 heavy (non-hydrogen) atoms. The summed E-state index contributed by atoms with van der Waals surface area (Å²) in [5, 5.41) is 4.79. The number of hydrogen-bond donors (Lipinski definition) is 1. The average molecular weight is 368 g/mol. The molecule has 1 N–H and O–H groups in total. The monoisotopic (exact) mass is 368 g/mol. The van der Waals surface area contributed by atoms with Gasteiger partial charge in [-0.2, -0.15) is 0 Å². The van der Waals surface area contributed by atoms with Crippen LogP contribution in [0.4, 0.5) is 5.69 Å². The molecule has 0 radical (unpaired) electrons. The molecule has 0 saturated carbocycles. The summed E-state index contributed by atoms with van der Waals surface area (Å²) in [7, 11) is 0. The molecular weight excluding hydrogens is 344 g/mol. The first kappa shape index (κ1) is 17.2. The number of fused-ring (bicyclic) bond motifs is 4. The minimum absolute atomic E-state index is 0.0350. The largest absolute Gasteiger partial charge is 0.373 e. The molecule has 1 aliphatic carbocycles. The van der Waals surface area contributed by atoms with Gasteiger partial charge in [-0.15, -0.1) is 0 Å². The summed E-state index contributed by atoms with van der Waals surface area (Å²) in [6.45, 7) is 6.48. The predicted octanol–water partition coefficient (Wildman–Crippen LogP) is 5.85. The number of anilines is 1. The Hall–Kier alpha value is -2.94. The topological polar surface area (TPSA) is 42.0 Å². The first-order valence-electron chi connectivity index (χ1n) is 9.90. The van der Waals surface area contributed by atoms with Gasteiger partial charge in [-0.3, -0.25) is 9.78 Å². The van der Waals surface area contributed by atoms with Gasteiger partial charge in [0.1, 0.15) is 0 Å². The number of aromatic nitrogens is 1. The van der Waals surface area contributed by atoms with Gasteiger partial charge in [0.15, 0.2) is 5.78 Å². The summed E-state index contributed by atoms with van der Waals surface area (Å²) in [4.78, 5) is 17.9. The molecule has 3 heteroatoms. The Morgan fingerprint density at radius 2 is 1.82 bits per heavy atom. The Kier molecular flexibility index (Phi) is 3.70. The fourth-order valence-electron chi connectivity index (χ4n) is 4.73. The number of Topliss-reactive ketones (excluding diaryl/α,β-unsaturated/α-hetero) is 1. The van der Waals surface area contributed by atoms with E-state index in [9.17, 15) is 4.79 Å². The van der Waals surface area contributed by atoms with E-state index in [1.165, 1.54) is 11.1 Å². The third-order valence-electron chi connectivity index (χ3n) is 6.01. The second-order valence-electron chi connectivity index (χ2n) is 8.88. The first-order valence-corrected chi connectivity index (χ1v) is 9.90. The number of carbonyl (C=O) groups excluding carboxylic acids is 1. The Bertz CT molecular complexity index is 1140. The van der Waals surface area contributed by atoms with Crippen LogP contribution in [-0.2, 0) is 4.79 Å². The van der Waals surface area contributed by atoms with E-state index in [4.69, 9.17) is 0 Å². The van der Waals surface area contributed by atoms with Crippen LogP contribution in [0.2, 0.25) is 0 Å². The number of nitrogens with zero attached hydrogens (tertiary/aromatic N) is 1. The summed E-state index contributed by atoms with van der Waals surface area (Å²) < 4.78 is 0. The SMILES string of the molecule is Cc1ccc(C2Nc3ccc4ncccc4c3C3=C2C(=O)CC(C)(C)C3)cc1. The highest BCUT2D eigenvalue weighted by atomic mass is 16.1. The van der Waals surface area contributed by atoms with Gasteiger partial charge in [0.2, 0.25) is 0 Å². The zero-order valence-electron chi connectivity index (χ0n) is 16.5. The molecule has 3 aromatic rings. The van der Waals surface area contributed by atoms with Gasteiger partial charge >= 0.3 is 0 Å². The maximum absolute atomic E-state index is 13.3. The molecule has 0 saturated heterocycles. The number of pyridine rings is 1. The molecule has 0 bridgehead atoms. The van der Waals surface area contributed by atoms with E-state index in [1.807, 2.05) is 12.3 Å². The van der Waals surface area contributed by atoms with Gasteiger partial charge < -0.3 is 5.32 Å². The summed E-state index contributed by atoms with van der Waals surface area (Å²) >= 11 is 0. The molecule has 1 aromatic heterocycles. The van der Waals surface area contributed by atoms with Gasteiger partial charge in [0.05, 0.1) is 11.6 Å². The number of rotatable bonds is 1. The van der Waals surface area contributed by atoms with Gasteiger partial charge in [0.25, 0.3) is 0 Å². The Balaban J connectivity index is 1.79. The van der Waals surface area contributed by atoms with Gasteiger partial charge in [-0.1, -0.05) is 49.7 Å². The fourth-order valence-corrected chi connectivity index (χ4v) is 4.73. The summed E-state index contributed by atoms with van der Waals surface area (Å²) in [5.74, 6) is 0.260. The van der Waals surface area contributed by atoms with Crippen LogP contribution in [0.15, 0.2) is 60.3 Å². The van der Waals surface area contributed by atoms with Crippen LogP contribution in [0.1, 0.15) is 49.4 Å². The molecule has 2 aliphatic rings. The summed E-state index contributed by atoms with van der Waals surface area (Å²) in [6.07, 6.45) is 3.32. The zero-order valence-corrected chi connectivity index (χ0v) is 16.5. The number of carbonyl (C=O) groups is 1. The molecule has 5 rings (SSSR count). The van der Waals surface area contributed by atoms with Gasteiger partial charge in [-0.25, -0.2) is 0 Å². The molecule has 0 amide bonds. The Morgan fingerprint density at radius 1 is 1.04 bits per heavy atom. The standard InChI is InChI=1S/C25H24N2O/c1-15-6-8-16(9-7-15)24-23-18(13-25(2,3)14-21(23)28)22-17-5-4-12-26-19(17)10-11-20(22)27-24/h4-12,24,27H,13-14H2,1-3H3. The molecule has 0 spiro atoms. The molecule has 2 heterocycles. The Labute approximate surface area is 165 Å². The van der Waals surface area contributed by atoms with Crippen molar-refractivity contribution in [2.45, 2.75) is 39.7 Å². The third kappa shape index (κ3) is 2.65. The van der Waals surface area contributed by atoms with Crippen molar-refractivity contribution in [1.29, 1.82) is 0 Å². The van der Waals surface area contributed by atoms with Gasteiger partial charge in [-0.05, 0) is 48.1 Å². The number of allylic oxidation sites excluding steroid dienone is 1.